The maximum Gasteiger partial charge on any atom is 0.326 e. The molecule has 0 fully saturated rings. The van der Waals surface area contributed by atoms with Gasteiger partial charge in [-0.05, 0) is 17.5 Å². The number of amides is 1. The topological polar surface area (TPSA) is 66.8 Å². The minimum absolute atomic E-state index is 0.121. The Balaban J connectivity index is 2.13. The van der Waals surface area contributed by atoms with E-state index in [0.29, 0.717) is 32.4 Å². The molecule has 1 aromatic carbocycles. The number of hydrogen-bond acceptors (Lipinski definition) is 3. The molecule has 2 rings (SSSR count). The van der Waals surface area contributed by atoms with Crippen LogP contribution >= 0.6 is 0 Å². The van der Waals surface area contributed by atoms with E-state index in [9.17, 15) is 14.7 Å². The zero-order chi connectivity index (χ0) is 14.5. The van der Waals surface area contributed by atoms with E-state index >= 15 is 0 Å². The monoisotopic (exact) mass is 277 g/mol. The standard InChI is InChI=1S/C15H19NO4/c1-20-8-4-7-14(17)16-10-12-6-3-2-5-11(12)9-13(16)15(18)19/h2-3,5-6,13H,4,7-10H2,1H3,(H,18,19)/t13-/m1/s1. The lowest BCUT2D eigenvalue weighted by Crippen LogP contribution is -2.48. The van der Waals surface area contributed by atoms with Crippen molar-refractivity contribution in [1.29, 1.82) is 0 Å². The molecule has 0 radical (unpaired) electrons. The summed E-state index contributed by atoms with van der Waals surface area (Å²) in [5, 5.41) is 9.34. The van der Waals surface area contributed by atoms with Gasteiger partial charge in [-0.25, -0.2) is 4.79 Å². The summed E-state index contributed by atoms with van der Waals surface area (Å²) >= 11 is 0. The van der Waals surface area contributed by atoms with Gasteiger partial charge >= 0.3 is 5.97 Å². The second-order valence-electron chi connectivity index (χ2n) is 4.94. The van der Waals surface area contributed by atoms with Crippen molar-refractivity contribution >= 4 is 11.9 Å². The van der Waals surface area contributed by atoms with E-state index in [1.165, 1.54) is 4.90 Å². The van der Waals surface area contributed by atoms with Crippen LogP contribution in [0.15, 0.2) is 24.3 Å². The smallest absolute Gasteiger partial charge is 0.326 e. The maximum absolute atomic E-state index is 12.2. The fraction of sp³-hybridized carbons (Fsp3) is 0.467. The number of ether oxygens (including phenoxy) is 1. The number of nitrogens with zero attached hydrogens (tertiary/aromatic N) is 1. The fourth-order valence-corrected chi connectivity index (χ4v) is 2.52. The predicted molar refractivity (Wildman–Crippen MR) is 73.2 cm³/mol. The average Bonchev–Trinajstić information content (AvgIpc) is 2.46. The lowest BCUT2D eigenvalue weighted by molar-refractivity contribution is -0.151. The van der Waals surface area contributed by atoms with Crippen molar-refractivity contribution in [2.24, 2.45) is 0 Å². The molecule has 1 aliphatic rings. The number of carboxylic acid groups (broad SMARTS) is 1. The van der Waals surface area contributed by atoms with Crippen molar-refractivity contribution in [3.05, 3.63) is 35.4 Å². The van der Waals surface area contributed by atoms with E-state index < -0.39 is 12.0 Å². The van der Waals surface area contributed by atoms with Crippen LogP contribution in [0.25, 0.3) is 0 Å². The van der Waals surface area contributed by atoms with Crippen LogP contribution in [-0.4, -0.2) is 41.6 Å². The highest BCUT2D eigenvalue weighted by molar-refractivity contribution is 5.84. The molecule has 5 heteroatoms. The van der Waals surface area contributed by atoms with Gasteiger partial charge < -0.3 is 14.7 Å². The highest BCUT2D eigenvalue weighted by atomic mass is 16.5. The molecular weight excluding hydrogens is 258 g/mol. The summed E-state index contributed by atoms with van der Waals surface area (Å²) < 4.78 is 4.92. The van der Waals surface area contributed by atoms with E-state index in [-0.39, 0.29) is 5.91 Å². The predicted octanol–water partition coefficient (Wildman–Crippen LogP) is 1.45. The summed E-state index contributed by atoms with van der Waals surface area (Å²) in [6.45, 7) is 0.882. The van der Waals surface area contributed by atoms with Crippen LogP contribution in [0.5, 0.6) is 0 Å². The number of benzene rings is 1. The summed E-state index contributed by atoms with van der Waals surface area (Å²) in [6, 6.07) is 6.92. The quantitative estimate of drug-likeness (QED) is 0.827. The third-order valence-electron chi connectivity index (χ3n) is 3.59. The van der Waals surface area contributed by atoms with Gasteiger partial charge in [0.05, 0.1) is 0 Å². The number of rotatable bonds is 5. The first-order chi connectivity index (χ1) is 9.63. The summed E-state index contributed by atoms with van der Waals surface area (Å²) in [5.74, 6) is -1.07. The Morgan fingerprint density at radius 1 is 1.35 bits per heavy atom. The Bertz CT molecular complexity index is 500. The molecule has 0 saturated heterocycles. The first kappa shape index (κ1) is 14.5. The SMILES string of the molecule is COCCCC(=O)N1Cc2ccccc2C[C@@H]1C(=O)O. The highest BCUT2D eigenvalue weighted by Crippen LogP contribution is 2.24. The molecule has 1 aliphatic heterocycles. The summed E-state index contributed by atoms with van der Waals surface area (Å²) in [6.07, 6.45) is 1.31. The average molecular weight is 277 g/mol. The van der Waals surface area contributed by atoms with Gasteiger partial charge in [0.2, 0.25) is 5.91 Å². The molecule has 1 heterocycles. The largest absolute Gasteiger partial charge is 0.480 e. The third-order valence-corrected chi connectivity index (χ3v) is 3.59. The molecule has 0 unspecified atom stereocenters. The van der Waals surface area contributed by atoms with Crippen LogP contribution in [0, 0.1) is 0 Å². The molecule has 0 bridgehead atoms. The van der Waals surface area contributed by atoms with Gasteiger partial charge in [-0.1, -0.05) is 24.3 Å². The number of aliphatic carboxylic acids is 1. The molecular formula is C15H19NO4. The fourth-order valence-electron chi connectivity index (χ4n) is 2.52. The van der Waals surface area contributed by atoms with E-state index in [1.54, 1.807) is 7.11 Å². The molecule has 1 amide bonds. The number of carbonyl (C=O) groups excluding carboxylic acids is 1. The van der Waals surface area contributed by atoms with Gasteiger partial charge in [0.25, 0.3) is 0 Å². The molecule has 108 valence electrons. The number of hydrogen-bond donors (Lipinski definition) is 1. The number of carbonyl (C=O) groups is 2. The second-order valence-corrected chi connectivity index (χ2v) is 4.94. The Morgan fingerprint density at radius 3 is 2.70 bits per heavy atom. The molecule has 0 saturated carbocycles. The molecule has 1 atom stereocenters. The van der Waals surface area contributed by atoms with Crippen LogP contribution in [0.3, 0.4) is 0 Å². The van der Waals surface area contributed by atoms with Gasteiger partial charge in [-0.15, -0.1) is 0 Å². The van der Waals surface area contributed by atoms with Gasteiger partial charge in [0, 0.05) is 33.1 Å². The first-order valence-electron chi connectivity index (χ1n) is 6.71. The van der Waals surface area contributed by atoms with E-state index in [2.05, 4.69) is 0 Å². The minimum atomic E-state index is -0.945. The van der Waals surface area contributed by atoms with Crippen molar-refractivity contribution < 1.29 is 19.4 Å². The van der Waals surface area contributed by atoms with Crippen LogP contribution in [0.2, 0.25) is 0 Å². The molecule has 0 aromatic heterocycles. The van der Waals surface area contributed by atoms with Crippen LogP contribution in [-0.2, 0) is 27.3 Å². The Kier molecular flexibility index (Phi) is 4.74. The van der Waals surface area contributed by atoms with E-state index in [4.69, 9.17) is 4.74 Å². The van der Waals surface area contributed by atoms with Crippen LogP contribution in [0.4, 0.5) is 0 Å². The maximum atomic E-state index is 12.2. The Labute approximate surface area is 118 Å². The number of methoxy groups -OCH3 is 1. The molecule has 20 heavy (non-hydrogen) atoms. The van der Waals surface area contributed by atoms with Crippen molar-refractivity contribution in [2.75, 3.05) is 13.7 Å². The summed E-state index contributed by atoms with van der Waals surface area (Å²) in [7, 11) is 1.58. The van der Waals surface area contributed by atoms with Gasteiger partial charge in [0.1, 0.15) is 6.04 Å². The zero-order valence-corrected chi connectivity index (χ0v) is 11.5. The zero-order valence-electron chi connectivity index (χ0n) is 11.5. The lowest BCUT2D eigenvalue weighted by Gasteiger charge is -2.34. The third kappa shape index (κ3) is 3.17. The van der Waals surface area contributed by atoms with Crippen LogP contribution in [0.1, 0.15) is 24.0 Å². The van der Waals surface area contributed by atoms with Crippen molar-refractivity contribution in [1.82, 2.24) is 4.90 Å². The molecule has 0 spiro atoms. The molecule has 0 aliphatic carbocycles. The lowest BCUT2D eigenvalue weighted by atomic mass is 9.93. The first-order valence-corrected chi connectivity index (χ1v) is 6.71. The van der Waals surface area contributed by atoms with E-state index in [1.807, 2.05) is 24.3 Å². The Morgan fingerprint density at radius 2 is 2.05 bits per heavy atom. The summed E-state index contributed by atoms with van der Waals surface area (Å²) in [4.78, 5) is 25.1. The Hall–Kier alpha value is -1.88. The van der Waals surface area contributed by atoms with E-state index in [0.717, 1.165) is 11.1 Å². The highest BCUT2D eigenvalue weighted by Gasteiger charge is 2.33. The van der Waals surface area contributed by atoms with Crippen LogP contribution < -0.4 is 0 Å². The normalized spacial score (nSPS) is 17.6. The number of fused-ring (bicyclic) bond motifs is 1. The molecule has 1 N–H and O–H groups in total. The second kappa shape index (κ2) is 6.52. The van der Waals surface area contributed by atoms with Crippen molar-refractivity contribution in [3.8, 4) is 0 Å². The van der Waals surface area contributed by atoms with Gasteiger partial charge in [-0.3, -0.25) is 4.79 Å². The van der Waals surface area contributed by atoms with Crippen molar-refractivity contribution in [3.63, 3.8) is 0 Å². The van der Waals surface area contributed by atoms with Crippen molar-refractivity contribution in [2.45, 2.75) is 31.8 Å². The number of carboxylic acids is 1. The minimum Gasteiger partial charge on any atom is -0.480 e. The molecule has 1 aromatic rings. The van der Waals surface area contributed by atoms with Gasteiger partial charge in [-0.2, -0.15) is 0 Å². The molecule has 5 nitrogen and oxygen atoms in total. The van der Waals surface area contributed by atoms with Gasteiger partial charge in [0.15, 0.2) is 0 Å². The summed E-state index contributed by atoms with van der Waals surface area (Å²) in [5.41, 5.74) is 2.05.